The van der Waals surface area contributed by atoms with E-state index in [1.807, 2.05) is 36.7 Å². The normalized spacial score (nSPS) is 14.0. The zero-order chi connectivity index (χ0) is 26.4. The highest BCUT2D eigenvalue weighted by molar-refractivity contribution is 6.30. The predicted octanol–water partition coefficient (Wildman–Crippen LogP) is 4.39. The van der Waals surface area contributed by atoms with Gasteiger partial charge in [-0.25, -0.2) is 9.97 Å². The first-order chi connectivity index (χ1) is 18.2. The van der Waals surface area contributed by atoms with Gasteiger partial charge in [-0.2, -0.15) is 5.10 Å². The first kappa shape index (κ1) is 24.6. The number of halogens is 1. The SMILES string of the molecule is CC(C)(O)CCc1cc(C2CC2)cn2cc(Cn3cc(C(=O)NCc4ncn5ccc(Cl)cc45)cn3)nc12. The summed E-state index contributed by atoms with van der Waals surface area (Å²) in [5.74, 6) is 0.396. The van der Waals surface area contributed by atoms with E-state index in [-0.39, 0.29) is 12.5 Å². The fourth-order valence-corrected chi connectivity index (χ4v) is 4.90. The quantitative estimate of drug-likeness (QED) is 0.294. The van der Waals surface area contributed by atoms with Gasteiger partial charge in [0.1, 0.15) is 5.65 Å². The summed E-state index contributed by atoms with van der Waals surface area (Å²) in [6.07, 6.45) is 14.9. The molecular weight excluding hydrogens is 502 g/mol. The fourth-order valence-electron chi connectivity index (χ4n) is 4.74. The molecule has 0 aliphatic heterocycles. The number of hydrogen-bond donors (Lipinski definition) is 2. The van der Waals surface area contributed by atoms with Crippen LogP contribution in [0.15, 0.2) is 55.5 Å². The summed E-state index contributed by atoms with van der Waals surface area (Å²) in [6, 6.07) is 5.87. The van der Waals surface area contributed by atoms with Crippen LogP contribution in [0.2, 0.25) is 5.02 Å². The number of fused-ring (bicyclic) bond motifs is 2. The van der Waals surface area contributed by atoms with Gasteiger partial charge in [-0.1, -0.05) is 17.7 Å². The summed E-state index contributed by atoms with van der Waals surface area (Å²) in [4.78, 5) is 22.1. The number of hydrogen-bond acceptors (Lipinski definition) is 5. The van der Waals surface area contributed by atoms with Crippen LogP contribution in [0.5, 0.6) is 0 Å². The third kappa shape index (κ3) is 5.30. The lowest BCUT2D eigenvalue weighted by atomic mass is 9.98. The summed E-state index contributed by atoms with van der Waals surface area (Å²) < 4.78 is 5.69. The number of imidazole rings is 2. The molecule has 0 unspecified atom stereocenters. The van der Waals surface area contributed by atoms with Gasteiger partial charge in [-0.15, -0.1) is 0 Å². The van der Waals surface area contributed by atoms with Gasteiger partial charge in [0, 0.05) is 29.8 Å². The lowest BCUT2D eigenvalue weighted by Gasteiger charge is -2.17. The molecule has 1 amide bonds. The number of carbonyl (C=O) groups is 1. The summed E-state index contributed by atoms with van der Waals surface area (Å²) in [7, 11) is 0. The molecule has 5 aromatic heterocycles. The second kappa shape index (κ2) is 9.56. The molecule has 2 N–H and O–H groups in total. The molecule has 1 fully saturated rings. The zero-order valence-corrected chi connectivity index (χ0v) is 22.2. The smallest absolute Gasteiger partial charge is 0.254 e. The maximum atomic E-state index is 12.8. The second-order valence-corrected chi connectivity index (χ2v) is 11.2. The van der Waals surface area contributed by atoms with Gasteiger partial charge < -0.3 is 19.2 Å². The highest BCUT2D eigenvalue weighted by Gasteiger charge is 2.25. The van der Waals surface area contributed by atoms with Crippen molar-refractivity contribution in [1.82, 2.24) is 33.9 Å². The Hall–Kier alpha value is -3.69. The number of nitrogens with one attached hydrogen (secondary N) is 1. The number of rotatable bonds is 9. The Kier molecular flexibility index (Phi) is 6.20. The summed E-state index contributed by atoms with van der Waals surface area (Å²) in [5.41, 5.74) is 5.58. The van der Waals surface area contributed by atoms with Gasteiger partial charge in [0.15, 0.2) is 0 Å². The van der Waals surface area contributed by atoms with Crippen LogP contribution in [0.1, 0.15) is 71.9 Å². The minimum atomic E-state index is -0.730. The third-order valence-electron chi connectivity index (χ3n) is 6.97. The number of nitrogens with zero attached hydrogens (tertiary/aromatic N) is 6. The van der Waals surface area contributed by atoms with E-state index in [9.17, 15) is 9.90 Å². The maximum absolute atomic E-state index is 12.8. The van der Waals surface area contributed by atoms with Crippen molar-refractivity contribution in [3.8, 4) is 0 Å². The zero-order valence-electron chi connectivity index (χ0n) is 21.4. The van der Waals surface area contributed by atoms with E-state index in [0.29, 0.717) is 29.5 Å². The molecule has 0 spiro atoms. The van der Waals surface area contributed by atoms with Crippen molar-refractivity contribution >= 4 is 28.7 Å². The molecule has 9 nitrogen and oxygen atoms in total. The minimum absolute atomic E-state index is 0.225. The van der Waals surface area contributed by atoms with Crippen LogP contribution in [0.25, 0.3) is 11.2 Å². The van der Waals surface area contributed by atoms with Crippen molar-refractivity contribution in [2.45, 2.75) is 64.1 Å². The fraction of sp³-hybridized carbons (Fsp3) is 0.357. The van der Waals surface area contributed by atoms with E-state index in [4.69, 9.17) is 16.6 Å². The van der Waals surface area contributed by atoms with Gasteiger partial charge in [0.05, 0.1) is 53.7 Å². The van der Waals surface area contributed by atoms with E-state index in [1.165, 1.54) is 18.4 Å². The Bertz CT molecular complexity index is 1640. The Morgan fingerprint density at radius 3 is 2.84 bits per heavy atom. The van der Waals surface area contributed by atoms with Gasteiger partial charge in [0.2, 0.25) is 0 Å². The van der Waals surface area contributed by atoms with Crippen molar-refractivity contribution in [3.63, 3.8) is 0 Å². The minimum Gasteiger partial charge on any atom is -0.390 e. The topological polar surface area (TPSA) is 102 Å². The van der Waals surface area contributed by atoms with Crippen molar-refractivity contribution in [2.75, 3.05) is 0 Å². The molecule has 5 aromatic rings. The molecule has 0 radical (unpaired) electrons. The number of pyridine rings is 2. The summed E-state index contributed by atoms with van der Waals surface area (Å²) in [5, 5.41) is 18.2. The highest BCUT2D eigenvalue weighted by Crippen LogP contribution is 2.40. The first-order valence-corrected chi connectivity index (χ1v) is 13.2. The molecule has 0 bridgehead atoms. The van der Waals surface area contributed by atoms with Crippen molar-refractivity contribution in [3.05, 3.63) is 88.6 Å². The molecule has 1 aliphatic carbocycles. The van der Waals surface area contributed by atoms with Crippen LogP contribution < -0.4 is 5.32 Å². The van der Waals surface area contributed by atoms with Crippen LogP contribution in [0, 0.1) is 0 Å². The molecule has 38 heavy (non-hydrogen) atoms. The Balaban J connectivity index is 1.16. The number of amides is 1. The average molecular weight is 532 g/mol. The monoisotopic (exact) mass is 531 g/mol. The second-order valence-electron chi connectivity index (χ2n) is 10.8. The molecule has 1 saturated carbocycles. The standard InChI is InChI=1S/C28H30ClN7O2/c1-28(2,38)7-5-19-9-20(18-3-4-18)13-35-15-23(33-26(19)35)16-36-14-21(11-32-36)27(37)30-12-24-25-10-22(29)6-8-34(25)17-31-24/h6,8-11,13-15,17-18,38H,3-5,7,12,16H2,1-2H3,(H,30,37). The summed E-state index contributed by atoms with van der Waals surface area (Å²) in [6.45, 7) is 4.40. The molecule has 5 heterocycles. The number of carbonyl (C=O) groups excluding carboxylic acids is 1. The van der Waals surface area contributed by atoms with Crippen LogP contribution in [0.4, 0.5) is 0 Å². The lowest BCUT2D eigenvalue weighted by Crippen LogP contribution is -2.22. The largest absolute Gasteiger partial charge is 0.390 e. The first-order valence-electron chi connectivity index (χ1n) is 12.9. The molecule has 0 aromatic carbocycles. The number of aryl methyl sites for hydroxylation is 1. The van der Waals surface area contributed by atoms with Crippen molar-refractivity contribution in [1.29, 1.82) is 0 Å². The molecular formula is C28H30ClN7O2. The highest BCUT2D eigenvalue weighted by atomic mass is 35.5. The van der Waals surface area contributed by atoms with Gasteiger partial charge >= 0.3 is 0 Å². The van der Waals surface area contributed by atoms with Crippen LogP contribution in [0.3, 0.4) is 0 Å². The number of aliphatic hydroxyl groups is 1. The van der Waals surface area contributed by atoms with Crippen molar-refractivity contribution < 1.29 is 9.90 Å². The van der Waals surface area contributed by atoms with Crippen LogP contribution >= 0.6 is 11.6 Å². The molecule has 196 valence electrons. The lowest BCUT2D eigenvalue weighted by molar-refractivity contribution is 0.0714. The van der Waals surface area contributed by atoms with Crippen molar-refractivity contribution in [2.24, 2.45) is 0 Å². The van der Waals surface area contributed by atoms with Gasteiger partial charge in [-0.3, -0.25) is 9.48 Å². The van der Waals surface area contributed by atoms with E-state index in [2.05, 4.69) is 32.1 Å². The summed E-state index contributed by atoms with van der Waals surface area (Å²) >= 11 is 6.11. The van der Waals surface area contributed by atoms with E-state index in [0.717, 1.165) is 34.5 Å². The molecule has 6 rings (SSSR count). The molecule has 1 aliphatic rings. The van der Waals surface area contributed by atoms with E-state index in [1.54, 1.807) is 29.5 Å². The number of aromatic nitrogens is 6. The Morgan fingerprint density at radius 2 is 2.05 bits per heavy atom. The predicted molar refractivity (Wildman–Crippen MR) is 144 cm³/mol. The van der Waals surface area contributed by atoms with Crippen LogP contribution in [-0.2, 0) is 19.5 Å². The maximum Gasteiger partial charge on any atom is 0.254 e. The van der Waals surface area contributed by atoms with Gasteiger partial charge in [0.25, 0.3) is 5.91 Å². The molecule has 0 atom stereocenters. The van der Waals surface area contributed by atoms with Crippen LogP contribution in [-0.4, -0.2) is 45.2 Å². The molecule has 0 saturated heterocycles. The average Bonchev–Trinajstić information content (AvgIpc) is 3.28. The van der Waals surface area contributed by atoms with E-state index >= 15 is 0 Å². The van der Waals surface area contributed by atoms with Gasteiger partial charge in [-0.05, 0) is 68.7 Å². The molecule has 10 heteroatoms. The Morgan fingerprint density at radius 1 is 1.21 bits per heavy atom. The third-order valence-corrected chi connectivity index (χ3v) is 7.21. The van der Waals surface area contributed by atoms with E-state index < -0.39 is 5.60 Å². The Labute approximate surface area is 225 Å².